The zero-order valence-corrected chi connectivity index (χ0v) is 16.4. The highest BCUT2D eigenvalue weighted by Gasteiger charge is 2.23. The van der Waals surface area contributed by atoms with Gasteiger partial charge in [-0.25, -0.2) is 4.79 Å². The molecule has 0 rings (SSSR count). The average Bonchev–Trinajstić information content (AvgIpc) is 2.33. The lowest BCUT2D eigenvalue weighted by molar-refractivity contribution is -0.140. The summed E-state index contributed by atoms with van der Waals surface area (Å²) in [6.07, 6.45) is -0.218. The number of hydrogen-bond acceptors (Lipinski definition) is 6. The van der Waals surface area contributed by atoms with E-state index in [4.69, 9.17) is 4.74 Å². The highest BCUT2D eigenvalue weighted by Crippen LogP contribution is 2.34. The number of amides is 1. The van der Waals surface area contributed by atoms with Crippen LogP contribution in [-0.2, 0) is 14.3 Å². The van der Waals surface area contributed by atoms with Crippen molar-refractivity contribution in [3.05, 3.63) is 0 Å². The number of nitrogens with zero attached hydrogens (tertiary/aromatic N) is 1. The third-order valence-corrected chi connectivity index (χ3v) is 5.54. The molecular weight excluding hydrogens is 322 g/mol. The standard InChI is InChI=1S/C15H29NO4S2/c1-14(2,3)20-13(18)16(9-8-12(17)19-7)10-11-21-22-15(4,5)6/h8-11H2,1-7H3. The molecule has 130 valence electrons. The maximum absolute atomic E-state index is 12.2. The van der Waals surface area contributed by atoms with Crippen molar-refractivity contribution < 1.29 is 19.1 Å². The average molecular weight is 352 g/mol. The fourth-order valence-corrected chi connectivity index (χ4v) is 3.58. The van der Waals surface area contributed by atoms with Gasteiger partial charge in [-0.2, -0.15) is 0 Å². The number of rotatable bonds is 7. The van der Waals surface area contributed by atoms with Crippen molar-refractivity contribution in [3.63, 3.8) is 0 Å². The number of esters is 1. The van der Waals surface area contributed by atoms with Crippen LogP contribution in [0.25, 0.3) is 0 Å². The quantitative estimate of drug-likeness (QED) is 0.393. The highest BCUT2D eigenvalue weighted by atomic mass is 33.1. The summed E-state index contributed by atoms with van der Waals surface area (Å²) in [5, 5.41) is 0. The minimum atomic E-state index is -0.548. The third kappa shape index (κ3) is 12.0. The lowest BCUT2D eigenvalue weighted by Gasteiger charge is -2.27. The van der Waals surface area contributed by atoms with Crippen molar-refractivity contribution >= 4 is 33.7 Å². The van der Waals surface area contributed by atoms with Gasteiger partial charge in [0.05, 0.1) is 13.5 Å². The molecule has 0 aromatic carbocycles. The van der Waals surface area contributed by atoms with E-state index in [1.165, 1.54) is 7.11 Å². The predicted octanol–water partition coefficient (Wildman–Crippen LogP) is 3.97. The molecule has 5 nitrogen and oxygen atoms in total. The Morgan fingerprint density at radius 3 is 2.09 bits per heavy atom. The number of ether oxygens (including phenoxy) is 2. The molecule has 0 heterocycles. The van der Waals surface area contributed by atoms with E-state index in [0.29, 0.717) is 13.1 Å². The number of carbonyl (C=O) groups excluding carboxylic acids is 2. The van der Waals surface area contributed by atoms with Gasteiger partial charge in [-0.1, -0.05) is 42.4 Å². The second-order valence-corrected chi connectivity index (χ2v) is 10.1. The van der Waals surface area contributed by atoms with Crippen LogP contribution >= 0.6 is 21.6 Å². The van der Waals surface area contributed by atoms with Gasteiger partial charge in [-0.05, 0) is 20.8 Å². The van der Waals surface area contributed by atoms with Gasteiger partial charge in [-0.3, -0.25) is 4.79 Å². The second kappa shape index (κ2) is 9.55. The van der Waals surface area contributed by atoms with E-state index < -0.39 is 11.7 Å². The first-order chi connectivity index (χ1) is 9.94. The van der Waals surface area contributed by atoms with Gasteiger partial charge in [0.2, 0.25) is 0 Å². The van der Waals surface area contributed by atoms with Crippen LogP contribution in [0.15, 0.2) is 0 Å². The van der Waals surface area contributed by atoms with Gasteiger partial charge < -0.3 is 14.4 Å². The maximum atomic E-state index is 12.2. The van der Waals surface area contributed by atoms with Crippen molar-refractivity contribution in [2.75, 3.05) is 26.0 Å². The summed E-state index contributed by atoms with van der Waals surface area (Å²) in [4.78, 5) is 25.0. The minimum Gasteiger partial charge on any atom is -0.469 e. The van der Waals surface area contributed by atoms with Crippen molar-refractivity contribution in [3.8, 4) is 0 Å². The maximum Gasteiger partial charge on any atom is 0.410 e. The Bertz CT molecular complexity index is 362. The fraction of sp³-hybridized carbons (Fsp3) is 0.867. The molecule has 0 aromatic heterocycles. The Balaban J connectivity index is 4.45. The molecule has 0 N–H and O–H groups in total. The monoisotopic (exact) mass is 351 g/mol. The molecule has 0 spiro atoms. The Hall–Kier alpha value is -0.560. The van der Waals surface area contributed by atoms with E-state index in [0.717, 1.165) is 5.75 Å². The van der Waals surface area contributed by atoms with Crippen LogP contribution in [0.4, 0.5) is 4.79 Å². The molecule has 0 saturated carbocycles. The zero-order chi connectivity index (χ0) is 17.4. The van der Waals surface area contributed by atoms with Crippen LogP contribution in [0.5, 0.6) is 0 Å². The summed E-state index contributed by atoms with van der Waals surface area (Å²) in [5.41, 5.74) is -0.548. The molecule has 0 saturated heterocycles. The molecule has 0 atom stereocenters. The van der Waals surface area contributed by atoms with E-state index >= 15 is 0 Å². The van der Waals surface area contributed by atoms with E-state index in [2.05, 4.69) is 25.5 Å². The van der Waals surface area contributed by atoms with E-state index in [1.807, 2.05) is 20.8 Å². The Labute approximate surface area is 142 Å². The summed E-state index contributed by atoms with van der Waals surface area (Å²) in [6.45, 7) is 12.8. The fourth-order valence-electron chi connectivity index (χ4n) is 1.32. The van der Waals surface area contributed by atoms with Crippen molar-refractivity contribution in [1.29, 1.82) is 0 Å². The minimum absolute atomic E-state index is 0.173. The smallest absolute Gasteiger partial charge is 0.410 e. The van der Waals surface area contributed by atoms with E-state index in [-0.39, 0.29) is 17.1 Å². The summed E-state index contributed by atoms with van der Waals surface area (Å²) in [5.74, 6) is 0.452. The topological polar surface area (TPSA) is 55.8 Å². The molecule has 0 aliphatic carbocycles. The zero-order valence-electron chi connectivity index (χ0n) is 14.7. The molecule has 0 unspecified atom stereocenters. The van der Waals surface area contributed by atoms with E-state index in [9.17, 15) is 9.59 Å². The van der Waals surface area contributed by atoms with Crippen LogP contribution in [0.1, 0.15) is 48.0 Å². The summed E-state index contributed by atoms with van der Waals surface area (Å²) < 4.78 is 10.2. The molecule has 0 fully saturated rings. The molecule has 22 heavy (non-hydrogen) atoms. The molecule has 0 bridgehead atoms. The SMILES string of the molecule is COC(=O)CCN(CCSSC(C)(C)C)C(=O)OC(C)(C)C. The molecule has 0 radical (unpaired) electrons. The number of carbonyl (C=O) groups is 2. The molecule has 1 amide bonds. The van der Waals surface area contributed by atoms with Gasteiger partial charge >= 0.3 is 12.1 Å². The van der Waals surface area contributed by atoms with Gasteiger partial charge in [0.25, 0.3) is 0 Å². The van der Waals surface area contributed by atoms with Gasteiger partial charge in [-0.15, -0.1) is 0 Å². The predicted molar refractivity (Wildman–Crippen MR) is 94.2 cm³/mol. The summed E-state index contributed by atoms with van der Waals surface area (Å²) in [7, 11) is 4.83. The lowest BCUT2D eigenvalue weighted by atomic mass is 10.2. The summed E-state index contributed by atoms with van der Waals surface area (Å²) >= 11 is 0. The van der Waals surface area contributed by atoms with Crippen LogP contribution in [0.2, 0.25) is 0 Å². The first-order valence-electron chi connectivity index (χ1n) is 7.30. The Morgan fingerprint density at radius 2 is 1.64 bits per heavy atom. The number of methoxy groups -OCH3 is 1. The van der Waals surface area contributed by atoms with Crippen molar-refractivity contribution in [2.24, 2.45) is 0 Å². The highest BCUT2D eigenvalue weighted by molar-refractivity contribution is 8.77. The van der Waals surface area contributed by atoms with Crippen molar-refractivity contribution in [2.45, 2.75) is 58.3 Å². The number of hydrogen-bond donors (Lipinski definition) is 0. The lowest BCUT2D eigenvalue weighted by Crippen LogP contribution is -2.39. The molecule has 0 aliphatic heterocycles. The van der Waals surface area contributed by atoms with Crippen LogP contribution < -0.4 is 0 Å². The first kappa shape index (κ1) is 21.4. The van der Waals surface area contributed by atoms with Crippen molar-refractivity contribution in [1.82, 2.24) is 4.90 Å². The van der Waals surface area contributed by atoms with E-state index in [1.54, 1.807) is 26.5 Å². The van der Waals surface area contributed by atoms with Crippen LogP contribution in [0, 0.1) is 0 Å². The van der Waals surface area contributed by atoms with Gasteiger partial charge in [0, 0.05) is 23.6 Å². The Kier molecular flexibility index (Phi) is 9.31. The molecule has 0 aromatic rings. The summed E-state index contributed by atoms with van der Waals surface area (Å²) in [6, 6.07) is 0. The molecular formula is C15H29NO4S2. The van der Waals surface area contributed by atoms with Gasteiger partial charge in [0.1, 0.15) is 5.60 Å². The third-order valence-electron chi connectivity index (χ3n) is 2.22. The normalized spacial score (nSPS) is 12.0. The second-order valence-electron chi connectivity index (χ2n) is 6.81. The largest absolute Gasteiger partial charge is 0.469 e. The molecule has 7 heteroatoms. The van der Waals surface area contributed by atoms with Crippen LogP contribution in [0.3, 0.4) is 0 Å². The van der Waals surface area contributed by atoms with Gasteiger partial charge in [0.15, 0.2) is 0 Å². The van der Waals surface area contributed by atoms with Crippen LogP contribution in [-0.4, -0.2) is 53.3 Å². The molecule has 0 aliphatic rings. The Morgan fingerprint density at radius 1 is 1.05 bits per heavy atom. The first-order valence-corrected chi connectivity index (χ1v) is 9.62.